The first kappa shape index (κ1) is 16.7. The van der Waals surface area contributed by atoms with Crippen molar-refractivity contribution in [3.63, 3.8) is 0 Å². The molecule has 0 aromatic heterocycles. The summed E-state index contributed by atoms with van der Waals surface area (Å²) in [6, 6.07) is 5.87. The average Bonchev–Trinajstić information content (AvgIpc) is 3.00. The Labute approximate surface area is 133 Å². The topological polar surface area (TPSA) is 47.6 Å². The monoisotopic (exact) mass is 305 g/mol. The van der Waals surface area contributed by atoms with E-state index in [1.807, 2.05) is 18.2 Å². The van der Waals surface area contributed by atoms with Gasteiger partial charge in [0.1, 0.15) is 0 Å². The highest BCUT2D eigenvalue weighted by atomic mass is 16.7. The van der Waals surface area contributed by atoms with E-state index >= 15 is 0 Å². The lowest BCUT2D eigenvalue weighted by molar-refractivity contribution is -0.121. The lowest BCUT2D eigenvalue weighted by Crippen LogP contribution is -2.29. The number of hydrogen-bond donors (Lipinski definition) is 1. The number of ether oxygens (including phenoxy) is 2. The Morgan fingerprint density at radius 1 is 1.27 bits per heavy atom. The van der Waals surface area contributed by atoms with Gasteiger partial charge in [-0.2, -0.15) is 0 Å². The Kier molecular flexibility index (Phi) is 6.56. The van der Waals surface area contributed by atoms with Crippen LogP contribution in [0.3, 0.4) is 0 Å². The number of hydrogen-bond acceptors (Lipinski definition) is 3. The van der Waals surface area contributed by atoms with Crippen molar-refractivity contribution >= 4 is 5.91 Å². The fraction of sp³-hybridized carbons (Fsp3) is 0.611. The van der Waals surface area contributed by atoms with Crippen molar-refractivity contribution < 1.29 is 14.3 Å². The average molecular weight is 305 g/mol. The molecule has 0 radical (unpaired) electrons. The third-order valence-corrected chi connectivity index (χ3v) is 4.21. The largest absolute Gasteiger partial charge is 0.454 e. The smallest absolute Gasteiger partial charge is 0.231 e. The summed E-state index contributed by atoms with van der Waals surface area (Å²) in [4.78, 5) is 12.0. The molecule has 0 saturated carbocycles. The third kappa shape index (κ3) is 4.93. The summed E-state index contributed by atoms with van der Waals surface area (Å²) in [5.74, 6) is 2.31. The van der Waals surface area contributed by atoms with Gasteiger partial charge >= 0.3 is 0 Å². The van der Waals surface area contributed by atoms with Gasteiger partial charge in [0, 0.05) is 13.0 Å². The van der Waals surface area contributed by atoms with E-state index in [0.717, 1.165) is 36.4 Å². The normalized spacial score (nSPS) is 13.9. The van der Waals surface area contributed by atoms with E-state index in [2.05, 4.69) is 19.2 Å². The molecule has 0 saturated heterocycles. The molecule has 122 valence electrons. The predicted octanol–water partition coefficient (Wildman–Crippen LogP) is 3.68. The molecule has 2 rings (SSSR count). The predicted molar refractivity (Wildman–Crippen MR) is 87.2 cm³/mol. The van der Waals surface area contributed by atoms with Crippen LogP contribution in [0, 0.1) is 5.92 Å². The maximum atomic E-state index is 12.0. The molecule has 1 unspecified atom stereocenters. The number of nitrogens with one attached hydrogen (secondary N) is 1. The van der Waals surface area contributed by atoms with Crippen molar-refractivity contribution in [3.05, 3.63) is 23.8 Å². The summed E-state index contributed by atoms with van der Waals surface area (Å²) in [7, 11) is 0. The number of amides is 1. The maximum Gasteiger partial charge on any atom is 0.231 e. The highest BCUT2D eigenvalue weighted by Gasteiger charge is 2.14. The highest BCUT2D eigenvalue weighted by Crippen LogP contribution is 2.32. The number of carbonyl (C=O) groups excluding carboxylic acids is 1. The van der Waals surface area contributed by atoms with Crippen LogP contribution < -0.4 is 14.8 Å². The molecule has 1 N–H and O–H groups in total. The minimum atomic E-state index is 0.132. The number of fused-ring (bicyclic) bond motifs is 1. The molecular formula is C18H27NO3. The Morgan fingerprint density at radius 2 is 2.09 bits per heavy atom. The van der Waals surface area contributed by atoms with E-state index in [1.54, 1.807) is 0 Å². The minimum absolute atomic E-state index is 0.132. The zero-order valence-corrected chi connectivity index (χ0v) is 13.7. The quantitative estimate of drug-likeness (QED) is 0.757. The number of aryl methyl sites for hydroxylation is 1. The second-order valence-corrected chi connectivity index (χ2v) is 5.91. The van der Waals surface area contributed by atoms with E-state index in [-0.39, 0.29) is 12.7 Å². The zero-order valence-electron chi connectivity index (χ0n) is 13.7. The van der Waals surface area contributed by atoms with Crippen molar-refractivity contribution in [2.75, 3.05) is 13.3 Å². The second kappa shape index (κ2) is 8.66. The van der Waals surface area contributed by atoms with Gasteiger partial charge in [0.15, 0.2) is 11.5 Å². The van der Waals surface area contributed by atoms with Crippen LogP contribution in [-0.2, 0) is 11.2 Å². The van der Waals surface area contributed by atoms with Crippen LogP contribution in [0.25, 0.3) is 0 Å². The molecule has 1 atom stereocenters. The first-order chi connectivity index (χ1) is 10.7. The number of carbonyl (C=O) groups is 1. The van der Waals surface area contributed by atoms with Crippen molar-refractivity contribution in [1.29, 1.82) is 0 Å². The van der Waals surface area contributed by atoms with Gasteiger partial charge in [-0.1, -0.05) is 39.2 Å². The third-order valence-electron chi connectivity index (χ3n) is 4.21. The Morgan fingerprint density at radius 3 is 2.86 bits per heavy atom. The van der Waals surface area contributed by atoms with Gasteiger partial charge in [-0.15, -0.1) is 0 Å². The summed E-state index contributed by atoms with van der Waals surface area (Å²) < 4.78 is 10.6. The molecule has 1 amide bonds. The molecule has 1 heterocycles. The van der Waals surface area contributed by atoms with Crippen molar-refractivity contribution in [1.82, 2.24) is 5.32 Å². The number of benzene rings is 1. The number of rotatable bonds is 9. The molecule has 22 heavy (non-hydrogen) atoms. The van der Waals surface area contributed by atoms with E-state index in [9.17, 15) is 4.79 Å². The summed E-state index contributed by atoms with van der Waals surface area (Å²) in [6.07, 6.45) is 6.04. The van der Waals surface area contributed by atoms with Crippen LogP contribution in [0.4, 0.5) is 0 Å². The summed E-state index contributed by atoms with van der Waals surface area (Å²) in [6.45, 7) is 5.49. The van der Waals surface area contributed by atoms with Gasteiger partial charge in [0.2, 0.25) is 12.7 Å². The molecule has 1 aliphatic heterocycles. The van der Waals surface area contributed by atoms with Crippen molar-refractivity contribution in [2.45, 2.75) is 52.4 Å². The van der Waals surface area contributed by atoms with E-state index in [1.165, 1.54) is 19.3 Å². The Balaban J connectivity index is 1.71. The maximum absolute atomic E-state index is 12.0. The molecule has 0 spiro atoms. The first-order valence-electron chi connectivity index (χ1n) is 8.38. The molecule has 1 aromatic carbocycles. The standard InChI is InChI=1S/C18H27NO3/c1-3-5-6-14(4-2)12-19-18(20)10-8-15-7-9-16-17(11-15)22-13-21-16/h7,9,11,14H,3-6,8,10,12-13H2,1-2H3,(H,19,20). The SMILES string of the molecule is CCCCC(CC)CNC(=O)CCc1ccc2c(c1)OCO2. The Bertz CT molecular complexity index is 487. The van der Waals surface area contributed by atoms with E-state index in [4.69, 9.17) is 9.47 Å². The van der Waals surface area contributed by atoms with Crippen LogP contribution in [0.15, 0.2) is 18.2 Å². The second-order valence-electron chi connectivity index (χ2n) is 5.91. The van der Waals surface area contributed by atoms with Crippen LogP contribution in [-0.4, -0.2) is 19.2 Å². The van der Waals surface area contributed by atoms with Crippen LogP contribution in [0.5, 0.6) is 11.5 Å². The molecule has 0 aliphatic carbocycles. The summed E-state index contributed by atoms with van der Waals surface area (Å²) >= 11 is 0. The van der Waals surface area contributed by atoms with Crippen LogP contribution >= 0.6 is 0 Å². The van der Waals surface area contributed by atoms with Crippen molar-refractivity contribution in [3.8, 4) is 11.5 Å². The summed E-state index contributed by atoms with van der Waals surface area (Å²) in [5, 5.41) is 3.07. The van der Waals surface area contributed by atoms with Gasteiger partial charge in [0.05, 0.1) is 0 Å². The van der Waals surface area contributed by atoms with Gasteiger partial charge < -0.3 is 14.8 Å². The van der Waals surface area contributed by atoms with Gasteiger partial charge in [0.25, 0.3) is 0 Å². The Hall–Kier alpha value is -1.71. The zero-order chi connectivity index (χ0) is 15.8. The first-order valence-corrected chi connectivity index (χ1v) is 8.38. The number of unbranched alkanes of at least 4 members (excludes halogenated alkanes) is 1. The highest BCUT2D eigenvalue weighted by molar-refractivity contribution is 5.76. The van der Waals surface area contributed by atoms with E-state index in [0.29, 0.717) is 12.3 Å². The van der Waals surface area contributed by atoms with E-state index < -0.39 is 0 Å². The molecule has 0 fully saturated rings. The minimum Gasteiger partial charge on any atom is -0.454 e. The lowest BCUT2D eigenvalue weighted by Gasteiger charge is -2.15. The fourth-order valence-corrected chi connectivity index (χ4v) is 2.64. The van der Waals surface area contributed by atoms with Gasteiger partial charge in [-0.05, 0) is 36.5 Å². The van der Waals surface area contributed by atoms with Crippen LogP contribution in [0.1, 0.15) is 51.5 Å². The molecule has 4 nitrogen and oxygen atoms in total. The molecular weight excluding hydrogens is 278 g/mol. The van der Waals surface area contributed by atoms with Crippen molar-refractivity contribution in [2.24, 2.45) is 5.92 Å². The molecule has 4 heteroatoms. The van der Waals surface area contributed by atoms with Gasteiger partial charge in [-0.25, -0.2) is 0 Å². The van der Waals surface area contributed by atoms with Gasteiger partial charge in [-0.3, -0.25) is 4.79 Å². The molecule has 1 aromatic rings. The van der Waals surface area contributed by atoms with Crippen LogP contribution in [0.2, 0.25) is 0 Å². The summed E-state index contributed by atoms with van der Waals surface area (Å²) in [5.41, 5.74) is 1.11. The molecule has 1 aliphatic rings. The molecule has 0 bridgehead atoms. The lowest BCUT2D eigenvalue weighted by atomic mass is 9.99. The fourth-order valence-electron chi connectivity index (χ4n) is 2.64.